The van der Waals surface area contributed by atoms with Gasteiger partial charge in [-0.05, 0) is 49.3 Å². The van der Waals surface area contributed by atoms with Gasteiger partial charge in [0.05, 0.1) is 11.3 Å². The van der Waals surface area contributed by atoms with Crippen molar-refractivity contribution in [2.75, 3.05) is 25.6 Å². The highest BCUT2D eigenvalue weighted by Gasteiger charge is 2.41. The number of benzene rings is 1. The molecule has 0 atom stereocenters. The summed E-state index contributed by atoms with van der Waals surface area (Å²) >= 11 is 0. The number of rotatable bonds is 6. The molecule has 1 fully saturated rings. The second-order valence-corrected chi connectivity index (χ2v) is 5.26. The minimum Gasteiger partial charge on any atom is -0.385 e. The van der Waals surface area contributed by atoms with E-state index in [0.717, 1.165) is 30.8 Å². The molecule has 0 aliphatic heterocycles. The van der Waals surface area contributed by atoms with Crippen molar-refractivity contribution in [3.8, 4) is 6.07 Å². The Hall–Kier alpha value is -1.53. The molecule has 1 aliphatic carbocycles. The predicted molar refractivity (Wildman–Crippen MR) is 72.5 cm³/mol. The largest absolute Gasteiger partial charge is 0.385 e. The molecule has 0 unspecified atom stereocenters. The summed E-state index contributed by atoms with van der Waals surface area (Å²) in [6.45, 7) is 3.80. The Morgan fingerprint density at radius 1 is 1.44 bits per heavy atom. The third kappa shape index (κ3) is 3.02. The van der Waals surface area contributed by atoms with Crippen molar-refractivity contribution in [1.82, 2.24) is 0 Å². The molecule has 1 aliphatic rings. The molecule has 1 N–H and O–H groups in total. The fourth-order valence-electron chi connectivity index (χ4n) is 2.20. The quantitative estimate of drug-likeness (QED) is 0.836. The van der Waals surface area contributed by atoms with E-state index in [9.17, 15) is 0 Å². The molecule has 1 aromatic carbocycles. The molecule has 0 heterocycles. The average molecular weight is 244 g/mol. The average Bonchev–Trinajstić information content (AvgIpc) is 3.15. The number of methoxy groups -OCH3 is 1. The monoisotopic (exact) mass is 244 g/mol. The summed E-state index contributed by atoms with van der Waals surface area (Å²) in [6, 6.07) is 8.14. The van der Waals surface area contributed by atoms with E-state index in [2.05, 4.69) is 11.4 Å². The summed E-state index contributed by atoms with van der Waals surface area (Å²) in [5.41, 5.74) is 3.26. The number of anilines is 1. The van der Waals surface area contributed by atoms with Crippen molar-refractivity contribution in [3.63, 3.8) is 0 Å². The molecule has 2 rings (SSSR count). The molecule has 3 heteroatoms. The minimum atomic E-state index is 0.395. The van der Waals surface area contributed by atoms with Gasteiger partial charge in [-0.1, -0.05) is 6.07 Å². The van der Waals surface area contributed by atoms with Gasteiger partial charge in [-0.2, -0.15) is 5.26 Å². The molecule has 0 radical (unpaired) electrons. The van der Waals surface area contributed by atoms with Crippen molar-refractivity contribution >= 4 is 5.69 Å². The zero-order valence-electron chi connectivity index (χ0n) is 11.1. The highest BCUT2D eigenvalue weighted by Crippen LogP contribution is 2.48. The van der Waals surface area contributed by atoms with Crippen molar-refractivity contribution in [3.05, 3.63) is 29.3 Å². The summed E-state index contributed by atoms with van der Waals surface area (Å²) in [6.07, 6.45) is 3.62. The lowest BCUT2D eigenvalue weighted by atomic mass is 10.0. The molecule has 3 nitrogen and oxygen atoms in total. The lowest BCUT2D eigenvalue weighted by molar-refractivity contribution is 0.175. The first-order valence-electron chi connectivity index (χ1n) is 6.43. The molecule has 0 saturated heterocycles. The van der Waals surface area contributed by atoms with E-state index in [-0.39, 0.29) is 0 Å². The molecule has 0 spiro atoms. The van der Waals surface area contributed by atoms with Crippen LogP contribution in [-0.2, 0) is 4.74 Å². The number of nitrogens with one attached hydrogen (secondary N) is 1. The Kier molecular flexibility index (Phi) is 3.88. The van der Waals surface area contributed by atoms with Gasteiger partial charge in [-0.25, -0.2) is 0 Å². The number of nitriles is 1. The molecule has 1 aromatic rings. The number of hydrogen-bond acceptors (Lipinski definition) is 3. The Morgan fingerprint density at radius 2 is 2.22 bits per heavy atom. The smallest absolute Gasteiger partial charge is 0.101 e. The fourth-order valence-corrected chi connectivity index (χ4v) is 2.20. The Balaban J connectivity index is 1.98. The third-order valence-corrected chi connectivity index (χ3v) is 3.74. The summed E-state index contributed by atoms with van der Waals surface area (Å²) in [7, 11) is 1.75. The highest BCUT2D eigenvalue weighted by molar-refractivity contribution is 5.59. The van der Waals surface area contributed by atoms with Crippen molar-refractivity contribution in [2.45, 2.75) is 26.2 Å². The standard InChI is InChI=1S/C15H20N2O/c1-12-3-4-13(10-16)14(9-12)17-11-15(5-6-15)7-8-18-2/h3-4,9,17H,5-8,11H2,1-2H3. The third-order valence-electron chi connectivity index (χ3n) is 3.74. The SMILES string of the molecule is COCCC1(CNc2cc(C)ccc2C#N)CC1. The molecule has 1 saturated carbocycles. The van der Waals surface area contributed by atoms with E-state index < -0.39 is 0 Å². The first kappa shape index (κ1) is 12.9. The maximum atomic E-state index is 9.09. The zero-order valence-corrected chi connectivity index (χ0v) is 11.1. The van der Waals surface area contributed by atoms with Crippen LogP contribution in [0.2, 0.25) is 0 Å². The number of hydrogen-bond donors (Lipinski definition) is 1. The van der Waals surface area contributed by atoms with Crippen LogP contribution < -0.4 is 5.32 Å². The Labute approximate surface area is 109 Å². The summed E-state index contributed by atoms with van der Waals surface area (Å²) < 4.78 is 5.15. The predicted octanol–water partition coefficient (Wildman–Crippen LogP) is 3.10. The summed E-state index contributed by atoms with van der Waals surface area (Å²) in [4.78, 5) is 0. The van der Waals surface area contributed by atoms with Crippen LogP contribution in [0, 0.1) is 23.7 Å². The minimum absolute atomic E-state index is 0.395. The molecule has 0 bridgehead atoms. The van der Waals surface area contributed by atoms with Gasteiger partial charge >= 0.3 is 0 Å². The van der Waals surface area contributed by atoms with Crippen LogP contribution in [0.15, 0.2) is 18.2 Å². The van der Waals surface area contributed by atoms with E-state index in [0.29, 0.717) is 5.41 Å². The summed E-state index contributed by atoms with van der Waals surface area (Å²) in [5.74, 6) is 0. The molecule has 0 amide bonds. The second kappa shape index (κ2) is 5.41. The van der Waals surface area contributed by atoms with Gasteiger partial charge in [0.1, 0.15) is 6.07 Å². The van der Waals surface area contributed by atoms with Crippen molar-refractivity contribution in [1.29, 1.82) is 5.26 Å². The van der Waals surface area contributed by atoms with Crippen LogP contribution in [-0.4, -0.2) is 20.3 Å². The van der Waals surface area contributed by atoms with Gasteiger partial charge in [0.25, 0.3) is 0 Å². The van der Waals surface area contributed by atoms with Gasteiger partial charge in [0, 0.05) is 20.3 Å². The molecular formula is C15H20N2O. The molecule has 96 valence electrons. The van der Waals surface area contributed by atoms with Crippen LogP contribution in [0.4, 0.5) is 5.69 Å². The van der Waals surface area contributed by atoms with Crippen LogP contribution in [0.3, 0.4) is 0 Å². The lowest BCUT2D eigenvalue weighted by Gasteiger charge is -2.17. The maximum Gasteiger partial charge on any atom is 0.101 e. The molecule has 18 heavy (non-hydrogen) atoms. The first-order valence-corrected chi connectivity index (χ1v) is 6.43. The fraction of sp³-hybridized carbons (Fsp3) is 0.533. The van der Waals surface area contributed by atoms with Crippen molar-refractivity contribution in [2.24, 2.45) is 5.41 Å². The topological polar surface area (TPSA) is 45.0 Å². The Morgan fingerprint density at radius 3 is 2.83 bits per heavy atom. The van der Waals surface area contributed by atoms with Gasteiger partial charge in [0.2, 0.25) is 0 Å². The lowest BCUT2D eigenvalue weighted by Crippen LogP contribution is -2.17. The van der Waals surface area contributed by atoms with E-state index >= 15 is 0 Å². The van der Waals surface area contributed by atoms with Crippen LogP contribution >= 0.6 is 0 Å². The zero-order chi connectivity index (χ0) is 13.0. The van der Waals surface area contributed by atoms with E-state index in [1.54, 1.807) is 7.11 Å². The molecular weight excluding hydrogens is 224 g/mol. The van der Waals surface area contributed by atoms with Gasteiger partial charge in [-0.15, -0.1) is 0 Å². The van der Waals surface area contributed by atoms with Crippen molar-refractivity contribution < 1.29 is 4.74 Å². The normalized spacial score (nSPS) is 16.1. The number of ether oxygens (including phenoxy) is 1. The first-order chi connectivity index (χ1) is 8.69. The van der Waals surface area contributed by atoms with Crippen LogP contribution in [0.5, 0.6) is 0 Å². The van der Waals surface area contributed by atoms with Gasteiger partial charge in [-0.3, -0.25) is 0 Å². The highest BCUT2D eigenvalue weighted by atomic mass is 16.5. The number of nitrogens with zero attached hydrogens (tertiary/aromatic N) is 1. The van der Waals surface area contributed by atoms with E-state index in [1.165, 1.54) is 18.4 Å². The number of aryl methyl sites for hydroxylation is 1. The Bertz CT molecular complexity index is 458. The van der Waals surface area contributed by atoms with E-state index in [4.69, 9.17) is 10.00 Å². The van der Waals surface area contributed by atoms with Gasteiger partial charge in [0.15, 0.2) is 0 Å². The second-order valence-electron chi connectivity index (χ2n) is 5.26. The van der Waals surface area contributed by atoms with Gasteiger partial charge < -0.3 is 10.1 Å². The van der Waals surface area contributed by atoms with Crippen LogP contribution in [0.25, 0.3) is 0 Å². The molecule has 0 aromatic heterocycles. The van der Waals surface area contributed by atoms with E-state index in [1.807, 2.05) is 25.1 Å². The van der Waals surface area contributed by atoms with Crippen LogP contribution in [0.1, 0.15) is 30.4 Å². The maximum absolute atomic E-state index is 9.09. The summed E-state index contributed by atoms with van der Waals surface area (Å²) in [5, 5.41) is 12.5.